The van der Waals surface area contributed by atoms with Crippen molar-refractivity contribution in [3.63, 3.8) is 0 Å². The van der Waals surface area contributed by atoms with Gasteiger partial charge in [0.25, 0.3) is 0 Å². The summed E-state index contributed by atoms with van der Waals surface area (Å²) in [6, 6.07) is 2.12. The lowest BCUT2D eigenvalue weighted by molar-refractivity contribution is -0.144. The number of halogens is 6. The minimum absolute atomic E-state index is 0.671. The molecule has 0 amide bonds. The molecule has 0 heterocycles. The van der Waals surface area contributed by atoms with Crippen LogP contribution in [0.25, 0.3) is 0 Å². The Labute approximate surface area is 94.2 Å². The molecular weight excluding hydrogens is 246 g/mol. The summed E-state index contributed by atoms with van der Waals surface area (Å²) in [5.41, 5.74) is -3.14. The fourth-order valence-corrected chi connectivity index (χ4v) is 1.68. The zero-order valence-corrected chi connectivity index (χ0v) is 9.08. The molecule has 96 valence electrons. The van der Waals surface area contributed by atoms with E-state index in [1.165, 1.54) is 13.8 Å². The predicted molar refractivity (Wildman–Crippen MR) is 50.5 cm³/mol. The maximum atomic E-state index is 12.6. The second kappa shape index (κ2) is 4.23. The van der Waals surface area contributed by atoms with Gasteiger partial charge >= 0.3 is 12.4 Å². The van der Waals surface area contributed by atoms with Crippen molar-refractivity contribution in [3.05, 3.63) is 34.9 Å². The Balaban J connectivity index is 3.55. The van der Waals surface area contributed by atoms with Gasteiger partial charge in [0.15, 0.2) is 0 Å². The average molecular weight is 256 g/mol. The van der Waals surface area contributed by atoms with Crippen LogP contribution in [0.4, 0.5) is 26.3 Å². The highest BCUT2D eigenvalue weighted by Gasteiger charge is 2.40. The third kappa shape index (κ3) is 2.92. The van der Waals surface area contributed by atoms with Crippen LogP contribution in [0.15, 0.2) is 18.2 Å². The minimum atomic E-state index is -4.78. The first-order valence-corrected chi connectivity index (χ1v) is 4.82. The van der Waals surface area contributed by atoms with Gasteiger partial charge in [0.2, 0.25) is 0 Å². The van der Waals surface area contributed by atoms with Gasteiger partial charge in [-0.3, -0.25) is 0 Å². The Morgan fingerprint density at radius 2 is 1.18 bits per heavy atom. The van der Waals surface area contributed by atoms with E-state index in [2.05, 4.69) is 0 Å². The number of benzene rings is 1. The summed E-state index contributed by atoms with van der Waals surface area (Å²) in [5.74, 6) is -0.857. The monoisotopic (exact) mass is 256 g/mol. The van der Waals surface area contributed by atoms with E-state index in [9.17, 15) is 26.3 Å². The van der Waals surface area contributed by atoms with E-state index in [1.54, 1.807) is 0 Å². The van der Waals surface area contributed by atoms with Crippen LogP contribution >= 0.6 is 0 Å². The fraction of sp³-hybridized carbons (Fsp3) is 0.455. The van der Waals surface area contributed by atoms with E-state index >= 15 is 0 Å². The van der Waals surface area contributed by atoms with Crippen LogP contribution in [0.3, 0.4) is 0 Å². The van der Waals surface area contributed by atoms with Crippen LogP contribution in [-0.2, 0) is 12.4 Å². The minimum Gasteiger partial charge on any atom is -0.166 e. The van der Waals surface area contributed by atoms with E-state index in [0.29, 0.717) is 12.1 Å². The van der Waals surface area contributed by atoms with Crippen LogP contribution in [-0.4, -0.2) is 0 Å². The second-order valence-corrected chi connectivity index (χ2v) is 3.92. The highest BCUT2D eigenvalue weighted by molar-refractivity contribution is 5.40. The SMILES string of the molecule is CC(C)c1c(C(F)(F)F)cccc1C(F)(F)F. The van der Waals surface area contributed by atoms with Gasteiger partial charge in [-0.15, -0.1) is 0 Å². The summed E-state index contributed by atoms with van der Waals surface area (Å²) < 4.78 is 75.7. The maximum Gasteiger partial charge on any atom is 0.416 e. The molecule has 0 aliphatic carbocycles. The predicted octanol–water partition coefficient (Wildman–Crippen LogP) is 4.85. The molecule has 1 aromatic rings. The molecule has 0 radical (unpaired) electrons. The van der Waals surface area contributed by atoms with Crippen molar-refractivity contribution in [3.8, 4) is 0 Å². The summed E-state index contributed by atoms with van der Waals surface area (Å²) in [7, 11) is 0. The molecule has 0 aliphatic rings. The van der Waals surface area contributed by atoms with Gasteiger partial charge in [-0.2, -0.15) is 26.3 Å². The van der Waals surface area contributed by atoms with Crippen molar-refractivity contribution in [1.29, 1.82) is 0 Å². The van der Waals surface area contributed by atoms with Crippen molar-refractivity contribution in [1.82, 2.24) is 0 Å². The van der Waals surface area contributed by atoms with Crippen molar-refractivity contribution in [2.75, 3.05) is 0 Å². The largest absolute Gasteiger partial charge is 0.416 e. The lowest BCUT2D eigenvalue weighted by Crippen LogP contribution is -2.17. The molecule has 0 bridgehead atoms. The van der Waals surface area contributed by atoms with Crippen molar-refractivity contribution < 1.29 is 26.3 Å². The molecule has 0 unspecified atom stereocenters. The molecule has 0 aromatic heterocycles. The van der Waals surface area contributed by atoms with Crippen molar-refractivity contribution in [2.45, 2.75) is 32.1 Å². The van der Waals surface area contributed by atoms with E-state index in [0.717, 1.165) is 6.07 Å². The van der Waals surface area contributed by atoms with Crippen LogP contribution < -0.4 is 0 Å². The number of hydrogen-bond donors (Lipinski definition) is 0. The average Bonchev–Trinajstić information content (AvgIpc) is 2.13. The lowest BCUT2D eigenvalue weighted by atomic mass is 9.91. The molecule has 0 saturated carbocycles. The van der Waals surface area contributed by atoms with Crippen molar-refractivity contribution >= 4 is 0 Å². The lowest BCUT2D eigenvalue weighted by Gasteiger charge is -2.20. The summed E-state index contributed by atoms with van der Waals surface area (Å²) in [6.07, 6.45) is -9.55. The van der Waals surface area contributed by atoms with Gasteiger partial charge in [-0.05, 0) is 23.6 Å². The van der Waals surface area contributed by atoms with Crippen LogP contribution in [0.5, 0.6) is 0 Å². The summed E-state index contributed by atoms with van der Waals surface area (Å²) in [5, 5.41) is 0. The van der Waals surface area contributed by atoms with E-state index in [-0.39, 0.29) is 0 Å². The third-order valence-electron chi connectivity index (χ3n) is 2.29. The first kappa shape index (κ1) is 13.9. The molecule has 0 atom stereocenters. The normalized spacial score (nSPS) is 13.2. The smallest absolute Gasteiger partial charge is 0.166 e. The standard InChI is InChI=1S/C11H10F6/c1-6(2)9-7(10(12,13)14)4-3-5-8(9)11(15,16)17/h3-6H,1-2H3. The molecule has 0 N–H and O–H groups in total. The molecule has 1 rings (SSSR count). The van der Waals surface area contributed by atoms with Crippen molar-refractivity contribution in [2.24, 2.45) is 0 Å². The van der Waals surface area contributed by atoms with E-state index in [4.69, 9.17) is 0 Å². The zero-order chi connectivity index (χ0) is 13.4. The molecule has 6 heteroatoms. The molecule has 0 nitrogen and oxygen atoms in total. The van der Waals surface area contributed by atoms with Gasteiger partial charge in [0, 0.05) is 0 Å². The van der Waals surface area contributed by atoms with E-state index in [1.807, 2.05) is 0 Å². The molecule has 0 fully saturated rings. The number of rotatable bonds is 1. The molecule has 17 heavy (non-hydrogen) atoms. The van der Waals surface area contributed by atoms with Crippen LogP contribution in [0, 0.1) is 0 Å². The summed E-state index contributed by atoms with van der Waals surface area (Å²) >= 11 is 0. The summed E-state index contributed by atoms with van der Waals surface area (Å²) in [6.45, 7) is 2.61. The number of hydrogen-bond acceptors (Lipinski definition) is 0. The summed E-state index contributed by atoms with van der Waals surface area (Å²) in [4.78, 5) is 0. The second-order valence-electron chi connectivity index (χ2n) is 3.92. The quantitative estimate of drug-likeness (QED) is 0.630. The molecule has 0 aliphatic heterocycles. The zero-order valence-electron chi connectivity index (χ0n) is 9.08. The highest BCUT2D eigenvalue weighted by Crippen LogP contribution is 2.42. The van der Waals surface area contributed by atoms with Gasteiger partial charge < -0.3 is 0 Å². The maximum absolute atomic E-state index is 12.6. The van der Waals surface area contributed by atoms with Gasteiger partial charge in [-0.25, -0.2) is 0 Å². The van der Waals surface area contributed by atoms with Gasteiger partial charge in [0.05, 0.1) is 11.1 Å². The fourth-order valence-electron chi connectivity index (χ4n) is 1.68. The van der Waals surface area contributed by atoms with Crippen LogP contribution in [0.1, 0.15) is 36.5 Å². The highest BCUT2D eigenvalue weighted by atomic mass is 19.4. The number of alkyl halides is 6. The van der Waals surface area contributed by atoms with Gasteiger partial charge in [0.1, 0.15) is 0 Å². The Hall–Kier alpha value is -1.20. The van der Waals surface area contributed by atoms with E-state index < -0.39 is 35.0 Å². The Kier molecular flexibility index (Phi) is 3.45. The molecular formula is C11H10F6. The molecule has 0 saturated heterocycles. The first-order chi connectivity index (χ1) is 7.55. The topological polar surface area (TPSA) is 0 Å². The Morgan fingerprint density at radius 1 is 0.824 bits per heavy atom. The molecule has 1 aromatic carbocycles. The Bertz CT molecular complexity index is 367. The van der Waals surface area contributed by atoms with Crippen LogP contribution in [0.2, 0.25) is 0 Å². The van der Waals surface area contributed by atoms with Gasteiger partial charge in [-0.1, -0.05) is 19.9 Å². The molecule has 0 spiro atoms. The Morgan fingerprint density at radius 3 is 1.41 bits per heavy atom. The first-order valence-electron chi connectivity index (χ1n) is 4.82. The third-order valence-corrected chi connectivity index (χ3v) is 2.29.